The normalized spacial score (nSPS) is 12.4. The van der Waals surface area contributed by atoms with Crippen LogP contribution >= 0.6 is 0 Å². The van der Waals surface area contributed by atoms with Gasteiger partial charge in [0.1, 0.15) is 0 Å². The van der Waals surface area contributed by atoms with Crippen molar-refractivity contribution in [3.05, 3.63) is 24.0 Å². The number of pyridine rings is 1. The van der Waals surface area contributed by atoms with Gasteiger partial charge < -0.3 is 10.2 Å². The molecule has 0 aliphatic carbocycles. The summed E-state index contributed by atoms with van der Waals surface area (Å²) in [5.41, 5.74) is 2.34. The van der Waals surface area contributed by atoms with Gasteiger partial charge in [0.25, 0.3) is 0 Å². The summed E-state index contributed by atoms with van der Waals surface area (Å²) in [5.74, 6) is 0. The van der Waals surface area contributed by atoms with E-state index in [1.807, 2.05) is 13.2 Å². The van der Waals surface area contributed by atoms with Gasteiger partial charge in [-0.2, -0.15) is 0 Å². The molecule has 0 saturated carbocycles. The van der Waals surface area contributed by atoms with E-state index >= 15 is 0 Å². The molecular formula is C15H27N3. The monoisotopic (exact) mass is 249 g/mol. The summed E-state index contributed by atoms with van der Waals surface area (Å²) in [7, 11) is 4.13. The van der Waals surface area contributed by atoms with Gasteiger partial charge in [0, 0.05) is 19.6 Å². The lowest BCUT2D eigenvalue weighted by molar-refractivity contribution is 0.561. The molecule has 1 N–H and O–H groups in total. The molecule has 1 unspecified atom stereocenters. The first-order valence-electron chi connectivity index (χ1n) is 7.07. The maximum absolute atomic E-state index is 4.57. The van der Waals surface area contributed by atoms with Crippen LogP contribution in [0.3, 0.4) is 0 Å². The van der Waals surface area contributed by atoms with Gasteiger partial charge in [-0.1, -0.05) is 26.7 Å². The first-order valence-corrected chi connectivity index (χ1v) is 7.07. The lowest BCUT2D eigenvalue weighted by atomic mass is 10.1. The summed E-state index contributed by atoms with van der Waals surface area (Å²) in [4.78, 5) is 6.85. The van der Waals surface area contributed by atoms with Crippen molar-refractivity contribution in [2.75, 3.05) is 25.5 Å². The van der Waals surface area contributed by atoms with E-state index < -0.39 is 0 Å². The summed E-state index contributed by atoms with van der Waals surface area (Å²) in [6, 6.07) is 4.68. The van der Waals surface area contributed by atoms with Crippen molar-refractivity contribution in [2.45, 2.75) is 45.6 Å². The van der Waals surface area contributed by atoms with E-state index in [9.17, 15) is 0 Å². The van der Waals surface area contributed by atoms with Crippen molar-refractivity contribution in [2.24, 2.45) is 0 Å². The molecular weight excluding hydrogens is 222 g/mol. The van der Waals surface area contributed by atoms with Crippen molar-refractivity contribution in [3.63, 3.8) is 0 Å². The average Bonchev–Trinajstić information content (AvgIpc) is 2.41. The molecule has 3 heteroatoms. The van der Waals surface area contributed by atoms with Gasteiger partial charge in [0.05, 0.1) is 17.6 Å². The second-order valence-electron chi connectivity index (χ2n) is 4.82. The number of unbranched alkanes of at least 4 members (excludes halogenated alkanes) is 2. The van der Waals surface area contributed by atoms with E-state index in [2.05, 4.69) is 48.2 Å². The Balaban J connectivity index is 2.58. The largest absolute Gasteiger partial charge is 0.373 e. The van der Waals surface area contributed by atoms with Crippen LogP contribution in [0.15, 0.2) is 18.3 Å². The maximum Gasteiger partial charge on any atom is 0.0574 e. The molecule has 1 aromatic heterocycles. The molecule has 1 aromatic rings. The Morgan fingerprint density at radius 3 is 2.56 bits per heavy atom. The number of aromatic nitrogens is 1. The Morgan fingerprint density at radius 1 is 1.28 bits per heavy atom. The summed E-state index contributed by atoms with van der Waals surface area (Å²) in [6.07, 6.45) is 6.87. The zero-order valence-electron chi connectivity index (χ0n) is 12.2. The Bertz CT molecular complexity index is 317. The predicted molar refractivity (Wildman–Crippen MR) is 79.1 cm³/mol. The first-order chi connectivity index (χ1) is 8.72. The summed E-state index contributed by atoms with van der Waals surface area (Å²) >= 11 is 0. The Labute approximate surface area is 112 Å². The van der Waals surface area contributed by atoms with E-state index in [1.165, 1.54) is 24.9 Å². The molecule has 0 aromatic carbocycles. The zero-order valence-corrected chi connectivity index (χ0v) is 12.2. The fourth-order valence-electron chi connectivity index (χ4n) is 2.12. The van der Waals surface area contributed by atoms with Gasteiger partial charge in [0.15, 0.2) is 0 Å². The molecule has 0 saturated heterocycles. The molecule has 3 nitrogen and oxygen atoms in total. The van der Waals surface area contributed by atoms with Crippen LogP contribution in [0.5, 0.6) is 0 Å². The molecule has 102 valence electrons. The molecule has 0 aliphatic rings. The molecule has 0 amide bonds. The summed E-state index contributed by atoms with van der Waals surface area (Å²) < 4.78 is 0. The Morgan fingerprint density at radius 2 is 2.06 bits per heavy atom. The molecule has 1 heterocycles. The van der Waals surface area contributed by atoms with Crippen LogP contribution < -0.4 is 10.2 Å². The van der Waals surface area contributed by atoms with E-state index in [1.54, 1.807) is 0 Å². The Hall–Kier alpha value is -1.09. The number of hydrogen-bond acceptors (Lipinski definition) is 3. The second-order valence-corrected chi connectivity index (χ2v) is 4.82. The molecule has 1 atom stereocenters. The Kier molecular flexibility index (Phi) is 6.73. The van der Waals surface area contributed by atoms with Crippen LogP contribution in [-0.2, 0) is 0 Å². The smallest absolute Gasteiger partial charge is 0.0574 e. The topological polar surface area (TPSA) is 28.2 Å². The van der Waals surface area contributed by atoms with Crippen molar-refractivity contribution in [1.82, 2.24) is 10.3 Å². The number of nitrogens with one attached hydrogen (secondary N) is 1. The highest BCUT2D eigenvalue weighted by atomic mass is 15.1. The molecule has 0 aliphatic heterocycles. The van der Waals surface area contributed by atoms with Crippen LogP contribution in [0.2, 0.25) is 0 Å². The summed E-state index contributed by atoms with van der Waals surface area (Å²) in [6.45, 7) is 5.52. The molecule has 18 heavy (non-hydrogen) atoms. The average molecular weight is 249 g/mol. The number of nitrogens with zero attached hydrogens (tertiary/aromatic N) is 2. The van der Waals surface area contributed by atoms with Crippen LogP contribution in [0.4, 0.5) is 5.69 Å². The highest BCUT2D eigenvalue weighted by molar-refractivity contribution is 5.43. The van der Waals surface area contributed by atoms with Crippen molar-refractivity contribution in [3.8, 4) is 0 Å². The van der Waals surface area contributed by atoms with Crippen molar-refractivity contribution < 1.29 is 0 Å². The minimum Gasteiger partial charge on any atom is -0.373 e. The number of anilines is 1. The lowest BCUT2D eigenvalue weighted by Crippen LogP contribution is -2.20. The SMILES string of the molecule is CCCCCN(C)c1ccc(C(CC)NC)nc1. The van der Waals surface area contributed by atoms with E-state index in [4.69, 9.17) is 0 Å². The third kappa shape index (κ3) is 4.30. The molecule has 0 spiro atoms. The molecule has 0 bridgehead atoms. The predicted octanol–water partition coefficient (Wildman–Crippen LogP) is 3.38. The van der Waals surface area contributed by atoms with Gasteiger partial charge in [-0.05, 0) is 32.0 Å². The minimum atomic E-state index is 0.365. The van der Waals surface area contributed by atoms with Gasteiger partial charge in [0.2, 0.25) is 0 Å². The zero-order chi connectivity index (χ0) is 13.4. The van der Waals surface area contributed by atoms with E-state index in [-0.39, 0.29) is 0 Å². The highest BCUT2D eigenvalue weighted by Gasteiger charge is 2.08. The number of rotatable bonds is 8. The maximum atomic E-state index is 4.57. The molecule has 1 rings (SSSR count). The third-order valence-corrected chi connectivity index (χ3v) is 3.42. The first kappa shape index (κ1) is 15.0. The van der Waals surface area contributed by atoms with Crippen LogP contribution in [0.25, 0.3) is 0 Å². The van der Waals surface area contributed by atoms with Crippen LogP contribution in [0.1, 0.15) is 51.3 Å². The second kappa shape index (κ2) is 8.09. The quantitative estimate of drug-likeness (QED) is 0.716. The van der Waals surface area contributed by atoms with Gasteiger partial charge >= 0.3 is 0 Å². The van der Waals surface area contributed by atoms with Crippen LogP contribution in [0, 0.1) is 0 Å². The standard InChI is InChI=1S/C15H27N3/c1-5-7-8-11-18(4)13-9-10-15(17-12-13)14(6-2)16-3/h9-10,12,14,16H,5-8,11H2,1-4H3. The van der Waals surface area contributed by atoms with Crippen molar-refractivity contribution >= 4 is 5.69 Å². The van der Waals surface area contributed by atoms with Gasteiger partial charge in [-0.25, -0.2) is 0 Å². The number of hydrogen-bond donors (Lipinski definition) is 1. The molecule has 0 radical (unpaired) electrons. The molecule has 0 fully saturated rings. The summed E-state index contributed by atoms with van der Waals surface area (Å²) in [5, 5.41) is 3.28. The fourth-order valence-corrected chi connectivity index (χ4v) is 2.12. The van der Waals surface area contributed by atoms with Gasteiger partial charge in [-0.3, -0.25) is 4.98 Å². The highest BCUT2D eigenvalue weighted by Crippen LogP contribution is 2.17. The lowest BCUT2D eigenvalue weighted by Gasteiger charge is -2.20. The van der Waals surface area contributed by atoms with E-state index in [0.717, 1.165) is 18.7 Å². The third-order valence-electron chi connectivity index (χ3n) is 3.42. The fraction of sp³-hybridized carbons (Fsp3) is 0.667. The van der Waals surface area contributed by atoms with Crippen LogP contribution in [-0.4, -0.2) is 25.6 Å². The van der Waals surface area contributed by atoms with E-state index in [0.29, 0.717) is 6.04 Å². The van der Waals surface area contributed by atoms with Crippen molar-refractivity contribution in [1.29, 1.82) is 0 Å². The van der Waals surface area contributed by atoms with Gasteiger partial charge in [-0.15, -0.1) is 0 Å². The minimum absolute atomic E-state index is 0.365.